The van der Waals surface area contributed by atoms with Crippen molar-refractivity contribution in [2.24, 2.45) is 7.05 Å². The Balaban J connectivity index is 1.66. The number of amides is 1. The van der Waals surface area contributed by atoms with Crippen molar-refractivity contribution < 1.29 is 13.9 Å². The van der Waals surface area contributed by atoms with Crippen molar-refractivity contribution in [2.75, 3.05) is 33.8 Å². The lowest BCUT2D eigenvalue weighted by Gasteiger charge is -2.41. The summed E-state index contributed by atoms with van der Waals surface area (Å²) in [5, 5.41) is 4.27. The summed E-state index contributed by atoms with van der Waals surface area (Å²) in [6, 6.07) is 6.83. The average Bonchev–Trinajstić information content (AvgIpc) is 3.24. The molecule has 0 saturated carbocycles. The van der Waals surface area contributed by atoms with Gasteiger partial charge >= 0.3 is 5.76 Å². The van der Waals surface area contributed by atoms with E-state index >= 15 is 0 Å². The van der Waals surface area contributed by atoms with Crippen LogP contribution in [0.4, 0.5) is 0 Å². The average molecular weight is 399 g/mol. The van der Waals surface area contributed by atoms with Crippen LogP contribution in [0.3, 0.4) is 0 Å². The first-order valence-corrected chi connectivity index (χ1v) is 9.57. The molecule has 0 unspecified atom stereocenters. The lowest BCUT2D eigenvalue weighted by molar-refractivity contribution is -0.148. The molecule has 0 N–H and O–H groups in total. The van der Waals surface area contributed by atoms with Crippen LogP contribution in [0.5, 0.6) is 0 Å². The van der Waals surface area contributed by atoms with Crippen molar-refractivity contribution in [1.82, 2.24) is 24.1 Å². The monoisotopic (exact) mass is 399 g/mol. The van der Waals surface area contributed by atoms with E-state index in [1.807, 2.05) is 38.3 Å². The summed E-state index contributed by atoms with van der Waals surface area (Å²) in [6.45, 7) is 1.48. The lowest BCUT2D eigenvalue weighted by Crippen LogP contribution is -2.52. The maximum Gasteiger partial charge on any atom is 0.420 e. The van der Waals surface area contributed by atoms with Crippen LogP contribution in [0.15, 0.2) is 45.9 Å². The van der Waals surface area contributed by atoms with Gasteiger partial charge in [0, 0.05) is 31.9 Å². The highest BCUT2D eigenvalue weighted by molar-refractivity contribution is 5.80. The Bertz CT molecular complexity index is 1070. The summed E-state index contributed by atoms with van der Waals surface area (Å²) in [5.41, 5.74) is 2.00. The van der Waals surface area contributed by atoms with E-state index in [-0.39, 0.29) is 24.6 Å². The Morgan fingerprint density at radius 2 is 2.10 bits per heavy atom. The Hall–Kier alpha value is -2.91. The number of para-hydroxylation sites is 2. The summed E-state index contributed by atoms with van der Waals surface area (Å²) >= 11 is 0. The van der Waals surface area contributed by atoms with Gasteiger partial charge in [-0.25, -0.2) is 4.79 Å². The van der Waals surface area contributed by atoms with Gasteiger partial charge in [0.2, 0.25) is 5.91 Å². The molecular weight excluding hydrogens is 374 g/mol. The van der Waals surface area contributed by atoms with E-state index < -0.39 is 5.76 Å². The molecule has 1 aliphatic rings. The Morgan fingerprint density at radius 3 is 2.83 bits per heavy atom. The van der Waals surface area contributed by atoms with Gasteiger partial charge in [-0.1, -0.05) is 12.1 Å². The third-order valence-corrected chi connectivity index (χ3v) is 5.15. The number of carbonyl (C=O) groups is 1. The largest absolute Gasteiger partial charge is 0.420 e. The van der Waals surface area contributed by atoms with E-state index in [0.717, 1.165) is 5.56 Å². The maximum absolute atomic E-state index is 13.3. The van der Waals surface area contributed by atoms with Gasteiger partial charge in [-0.3, -0.25) is 14.0 Å². The molecular formula is C20H25N5O4. The van der Waals surface area contributed by atoms with E-state index in [1.165, 1.54) is 4.57 Å². The van der Waals surface area contributed by atoms with Gasteiger partial charge in [-0.15, -0.1) is 0 Å². The second-order valence-electron chi connectivity index (χ2n) is 7.57. The van der Waals surface area contributed by atoms with Crippen LogP contribution >= 0.6 is 0 Å². The number of hydrogen-bond acceptors (Lipinski definition) is 6. The van der Waals surface area contributed by atoms with E-state index in [4.69, 9.17) is 9.15 Å². The molecule has 0 bridgehead atoms. The smallest absolute Gasteiger partial charge is 0.408 e. The van der Waals surface area contributed by atoms with Crippen molar-refractivity contribution in [3.63, 3.8) is 0 Å². The number of morpholine rings is 1. The number of oxazole rings is 1. The molecule has 1 aromatic carbocycles. The van der Waals surface area contributed by atoms with Crippen molar-refractivity contribution in [3.05, 3.63) is 52.8 Å². The van der Waals surface area contributed by atoms with Gasteiger partial charge in [-0.05, 0) is 26.2 Å². The van der Waals surface area contributed by atoms with Crippen LogP contribution in [-0.2, 0) is 23.1 Å². The summed E-state index contributed by atoms with van der Waals surface area (Å²) in [7, 11) is 5.79. The topological polar surface area (TPSA) is 85.7 Å². The van der Waals surface area contributed by atoms with Crippen LogP contribution in [0.25, 0.3) is 11.1 Å². The third kappa shape index (κ3) is 3.83. The maximum atomic E-state index is 13.3. The van der Waals surface area contributed by atoms with E-state index in [9.17, 15) is 9.59 Å². The first-order chi connectivity index (χ1) is 13.9. The van der Waals surface area contributed by atoms with Crippen molar-refractivity contribution in [1.29, 1.82) is 0 Å². The predicted octanol–water partition coefficient (Wildman–Crippen LogP) is 0.858. The molecule has 3 heterocycles. The Labute approximate surface area is 168 Å². The number of ether oxygens (including phenoxy) is 1. The van der Waals surface area contributed by atoms with Crippen molar-refractivity contribution >= 4 is 17.0 Å². The molecule has 9 nitrogen and oxygen atoms in total. The highest BCUT2D eigenvalue weighted by Gasteiger charge is 2.37. The van der Waals surface area contributed by atoms with Gasteiger partial charge in [0.05, 0.1) is 30.5 Å². The zero-order chi connectivity index (χ0) is 20.5. The molecule has 3 aromatic rings. The standard InChI is InChI=1S/C20H25N5O4/c1-22(2)12-17-19(14-10-21-23(3)11-14)24(8-9-28-17)18(26)13-25-15-6-4-5-7-16(15)29-20(25)27/h4-7,10-11,17,19H,8-9,12-13H2,1-3H3/t17-,19-/m0/s1. The van der Waals surface area contributed by atoms with Crippen LogP contribution in [-0.4, -0.2) is 70.0 Å². The molecule has 0 spiro atoms. The Kier molecular flexibility index (Phi) is 5.25. The van der Waals surface area contributed by atoms with Crippen LogP contribution in [0.1, 0.15) is 11.6 Å². The van der Waals surface area contributed by atoms with Crippen molar-refractivity contribution in [3.8, 4) is 0 Å². The van der Waals surface area contributed by atoms with Gasteiger partial charge in [0.1, 0.15) is 6.54 Å². The number of rotatable bonds is 5. The number of benzene rings is 1. The lowest BCUT2D eigenvalue weighted by atomic mass is 10.0. The minimum absolute atomic E-state index is 0.0821. The van der Waals surface area contributed by atoms with Gasteiger partial charge < -0.3 is 19.0 Å². The van der Waals surface area contributed by atoms with Crippen LogP contribution in [0.2, 0.25) is 0 Å². The second-order valence-corrected chi connectivity index (χ2v) is 7.57. The quantitative estimate of drug-likeness (QED) is 0.633. The highest BCUT2D eigenvalue weighted by Crippen LogP contribution is 2.30. The summed E-state index contributed by atoms with van der Waals surface area (Å²) in [4.78, 5) is 29.4. The van der Waals surface area contributed by atoms with Gasteiger partial charge in [0.15, 0.2) is 5.58 Å². The molecule has 29 heavy (non-hydrogen) atoms. The summed E-state index contributed by atoms with van der Waals surface area (Å²) < 4.78 is 14.4. The number of aromatic nitrogens is 3. The van der Waals surface area contributed by atoms with E-state index in [0.29, 0.717) is 30.8 Å². The molecule has 1 fully saturated rings. The minimum atomic E-state index is -0.532. The molecule has 2 aromatic heterocycles. The third-order valence-electron chi connectivity index (χ3n) is 5.15. The molecule has 1 amide bonds. The molecule has 0 radical (unpaired) electrons. The number of likely N-dealkylation sites (N-methyl/N-ethyl adjacent to an activating group) is 1. The molecule has 154 valence electrons. The first-order valence-electron chi connectivity index (χ1n) is 9.57. The molecule has 2 atom stereocenters. The fraction of sp³-hybridized carbons (Fsp3) is 0.450. The number of fused-ring (bicyclic) bond motifs is 1. The molecule has 1 aliphatic heterocycles. The van der Waals surface area contributed by atoms with Gasteiger partial charge in [-0.2, -0.15) is 5.10 Å². The number of carbonyl (C=O) groups excluding carboxylic acids is 1. The molecule has 4 rings (SSSR count). The zero-order valence-corrected chi connectivity index (χ0v) is 16.8. The molecule has 9 heteroatoms. The zero-order valence-electron chi connectivity index (χ0n) is 16.8. The van der Waals surface area contributed by atoms with Crippen molar-refractivity contribution in [2.45, 2.75) is 18.7 Å². The second kappa shape index (κ2) is 7.84. The Morgan fingerprint density at radius 1 is 1.31 bits per heavy atom. The van der Waals surface area contributed by atoms with Crippen LogP contribution in [0, 0.1) is 0 Å². The van der Waals surface area contributed by atoms with Crippen LogP contribution < -0.4 is 5.76 Å². The number of aryl methyl sites for hydroxylation is 1. The SMILES string of the molecule is CN(C)C[C@@H]1OCCN(C(=O)Cn2c(=O)oc3ccccc32)[C@H]1c1cnn(C)c1. The number of nitrogens with zero attached hydrogens (tertiary/aromatic N) is 5. The minimum Gasteiger partial charge on any atom is -0.408 e. The summed E-state index contributed by atoms with van der Waals surface area (Å²) in [5.74, 6) is -0.685. The molecule has 1 saturated heterocycles. The fourth-order valence-electron chi connectivity index (χ4n) is 3.90. The molecule has 0 aliphatic carbocycles. The normalized spacial score (nSPS) is 19.9. The van der Waals surface area contributed by atoms with E-state index in [2.05, 4.69) is 5.10 Å². The van der Waals surface area contributed by atoms with Gasteiger partial charge in [0.25, 0.3) is 0 Å². The number of hydrogen-bond donors (Lipinski definition) is 0. The van der Waals surface area contributed by atoms with E-state index in [1.54, 1.807) is 34.0 Å². The fourth-order valence-corrected chi connectivity index (χ4v) is 3.90. The summed E-state index contributed by atoms with van der Waals surface area (Å²) in [6.07, 6.45) is 3.48. The predicted molar refractivity (Wildman–Crippen MR) is 106 cm³/mol. The first kappa shape index (κ1) is 19.4. The highest BCUT2D eigenvalue weighted by atomic mass is 16.5.